The molecule has 0 fully saturated rings. The van der Waals surface area contributed by atoms with Crippen molar-refractivity contribution in [2.24, 2.45) is 0 Å². The molecule has 0 saturated carbocycles. The third kappa shape index (κ3) is 6.91. The fourth-order valence-corrected chi connectivity index (χ4v) is 6.48. The topological polar surface area (TPSA) is 153 Å². The Morgan fingerprint density at radius 2 is 1.53 bits per heavy atom. The smallest absolute Gasteiger partial charge is 0.326 e. The second kappa shape index (κ2) is 14.6. The van der Waals surface area contributed by atoms with Gasteiger partial charge >= 0.3 is 5.97 Å². The number of fused-ring (bicyclic) bond motifs is 1. The van der Waals surface area contributed by atoms with E-state index in [1.54, 1.807) is 42.5 Å². The largest absolute Gasteiger partial charge is 0.496 e. The van der Waals surface area contributed by atoms with Gasteiger partial charge in [-0.25, -0.2) is 36.0 Å². The number of ether oxygens (including phenoxy) is 2. The van der Waals surface area contributed by atoms with Crippen molar-refractivity contribution in [1.29, 1.82) is 0 Å². The van der Waals surface area contributed by atoms with Gasteiger partial charge in [-0.2, -0.15) is 5.10 Å². The highest BCUT2D eigenvalue weighted by atomic mass is 32.2. The van der Waals surface area contributed by atoms with Gasteiger partial charge in [-0.15, -0.1) is 0 Å². The molecule has 6 aromatic rings. The van der Waals surface area contributed by atoms with Crippen LogP contribution in [0.4, 0.5) is 20.2 Å². The summed E-state index contributed by atoms with van der Waals surface area (Å²) in [4.78, 5) is 29.5. The Bertz CT molecular complexity index is 2280. The quantitative estimate of drug-likeness (QED) is 0.140. The average molecular weight is 714 g/mol. The molecular formula is C36H29F2N5O7S. The number of benzene rings is 5. The number of anilines is 2. The van der Waals surface area contributed by atoms with E-state index >= 15 is 8.78 Å². The van der Waals surface area contributed by atoms with E-state index in [0.717, 1.165) is 10.9 Å². The first-order chi connectivity index (χ1) is 24.6. The molecule has 0 bridgehead atoms. The SMILES string of the molecule is COc1cccc(OC)c1-c1ccc(C[C@H](NC(=O)c2c(F)cc(N(c3ccc(-n4cncn4)cc3)[SH](=O)=O)cc2F)C(=O)O)c2ccccc12. The van der Waals surface area contributed by atoms with Crippen molar-refractivity contribution in [3.8, 4) is 28.3 Å². The summed E-state index contributed by atoms with van der Waals surface area (Å²) in [5.41, 5.74) is 1.09. The molecular weight excluding hydrogens is 684 g/mol. The van der Waals surface area contributed by atoms with E-state index < -0.39 is 51.7 Å². The summed E-state index contributed by atoms with van der Waals surface area (Å²) in [6, 6.07) is 21.7. The van der Waals surface area contributed by atoms with Crippen LogP contribution in [0.25, 0.3) is 27.6 Å². The van der Waals surface area contributed by atoms with Crippen molar-refractivity contribution in [3.05, 3.63) is 126 Å². The highest BCUT2D eigenvalue weighted by Crippen LogP contribution is 2.42. The number of nitrogens with zero attached hydrogens (tertiary/aromatic N) is 4. The van der Waals surface area contributed by atoms with E-state index in [1.165, 1.54) is 55.8 Å². The Hall–Kier alpha value is -6.35. The van der Waals surface area contributed by atoms with Crippen LogP contribution in [0.5, 0.6) is 11.5 Å². The summed E-state index contributed by atoms with van der Waals surface area (Å²) >= 11 is 0. The number of methoxy groups -OCH3 is 2. The second-order valence-electron chi connectivity index (χ2n) is 11.1. The Kier molecular flexibility index (Phi) is 9.91. The number of rotatable bonds is 12. The molecule has 0 saturated heterocycles. The molecule has 12 nitrogen and oxygen atoms in total. The zero-order chi connectivity index (χ0) is 36.2. The molecule has 1 amide bonds. The zero-order valence-corrected chi connectivity index (χ0v) is 27.9. The Balaban J connectivity index is 1.28. The average Bonchev–Trinajstić information content (AvgIpc) is 3.66. The van der Waals surface area contributed by atoms with Crippen LogP contribution in [0.1, 0.15) is 15.9 Å². The normalized spacial score (nSPS) is 11.7. The molecule has 1 heterocycles. The van der Waals surface area contributed by atoms with E-state index in [1.807, 2.05) is 12.1 Å². The number of nitrogens with one attached hydrogen (secondary N) is 1. The van der Waals surface area contributed by atoms with Crippen LogP contribution in [-0.2, 0) is 22.1 Å². The first-order valence-electron chi connectivity index (χ1n) is 15.3. The van der Waals surface area contributed by atoms with Gasteiger partial charge in [0.2, 0.25) is 10.9 Å². The number of aromatic nitrogens is 3. The monoisotopic (exact) mass is 713 g/mol. The van der Waals surface area contributed by atoms with Crippen LogP contribution >= 0.6 is 0 Å². The number of carboxylic acid groups (broad SMARTS) is 1. The summed E-state index contributed by atoms with van der Waals surface area (Å²) in [6.07, 6.45) is 2.52. The van der Waals surface area contributed by atoms with E-state index in [0.29, 0.717) is 50.1 Å². The molecule has 0 unspecified atom stereocenters. The summed E-state index contributed by atoms with van der Waals surface area (Å²) in [6.45, 7) is 0. The predicted molar refractivity (Wildman–Crippen MR) is 185 cm³/mol. The summed E-state index contributed by atoms with van der Waals surface area (Å²) < 4.78 is 68.7. The fourth-order valence-electron chi connectivity index (χ4n) is 5.85. The van der Waals surface area contributed by atoms with Gasteiger partial charge in [0.15, 0.2) is 0 Å². The summed E-state index contributed by atoms with van der Waals surface area (Å²) in [5, 5.41) is 17.7. The third-order valence-electron chi connectivity index (χ3n) is 8.18. The number of halogens is 2. The molecule has 51 heavy (non-hydrogen) atoms. The van der Waals surface area contributed by atoms with Crippen molar-refractivity contribution in [2.75, 3.05) is 18.5 Å². The number of hydrogen-bond donors (Lipinski definition) is 3. The molecule has 0 aliphatic rings. The highest BCUT2D eigenvalue weighted by Gasteiger charge is 2.28. The van der Waals surface area contributed by atoms with E-state index in [4.69, 9.17) is 9.47 Å². The van der Waals surface area contributed by atoms with Crippen LogP contribution in [0.3, 0.4) is 0 Å². The van der Waals surface area contributed by atoms with Gasteiger partial charge in [-0.1, -0.05) is 42.5 Å². The van der Waals surface area contributed by atoms with Crippen LogP contribution in [-0.4, -0.2) is 60.4 Å². The van der Waals surface area contributed by atoms with Gasteiger partial charge in [-0.3, -0.25) is 4.79 Å². The van der Waals surface area contributed by atoms with Crippen molar-refractivity contribution in [2.45, 2.75) is 12.5 Å². The standard InChI is InChI=1S/C36H29F2N5O7S/c1-49-31-8-5-9-32(50-2)33(31)27-15-10-21(25-6-3-4-7-26(25)27)16-30(36(45)46)41-35(44)34-28(37)17-24(18-29(34)38)43(51(47)48)23-13-11-22(12-14-23)42-20-39-19-40-42/h3-15,17-20,30,51H,16H2,1-2H3,(H,41,44)(H,45,46)/t30-/m0/s1. The molecule has 15 heteroatoms. The van der Waals surface area contributed by atoms with E-state index in [9.17, 15) is 23.1 Å². The van der Waals surface area contributed by atoms with E-state index in [2.05, 4.69) is 15.4 Å². The lowest BCUT2D eigenvalue weighted by atomic mass is 9.91. The number of amides is 1. The van der Waals surface area contributed by atoms with Gasteiger partial charge in [0.05, 0.1) is 36.8 Å². The van der Waals surface area contributed by atoms with Gasteiger partial charge in [0.25, 0.3) is 5.91 Å². The molecule has 5 aromatic carbocycles. The second-order valence-corrected chi connectivity index (χ2v) is 12.0. The van der Waals surface area contributed by atoms with Crippen LogP contribution in [0, 0.1) is 11.6 Å². The molecule has 6 rings (SSSR count). The lowest BCUT2D eigenvalue weighted by Crippen LogP contribution is -2.43. The maximum Gasteiger partial charge on any atom is 0.326 e. The number of hydrogen-bond acceptors (Lipinski definition) is 8. The number of carboxylic acids is 1. The first kappa shape index (κ1) is 34.5. The Labute approximate surface area is 291 Å². The molecule has 2 N–H and O–H groups in total. The number of carbonyl (C=O) groups excluding carboxylic acids is 1. The zero-order valence-electron chi connectivity index (χ0n) is 27.0. The molecule has 0 radical (unpaired) electrons. The molecule has 0 spiro atoms. The fraction of sp³-hybridized carbons (Fsp3) is 0.111. The molecule has 1 aromatic heterocycles. The van der Waals surface area contributed by atoms with Crippen LogP contribution in [0.2, 0.25) is 0 Å². The van der Waals surface area contributed by atoms with E-state index in [-0.39, 0.29) is 12.1 Å². The third-order valence-corrected chi connectivity index (χ3v) is 8.97. The first-order valence-corrected chi connectivity index (χ1v) is 16.4. The Morgan fingerprint density at radius 3 is 2.10 bits per heavy atom. The van der Waals surface area contributed by atoms with Crippen LogP contribution < -0.4 is 19.1 Å². The van der Waals surface area contributed by atoms with Gasteiger partial charge in [-0.05, 0) is 70.4 Å². The molecule has 0 aliphatic heterocycles. The van der Waals surface area contributed by atoms with Crippen molar-refractivity contribution < 1.29 is 41.4 Å². The lowest BCUT2D eigenvalue weighted by molar-refractivity contribution is -0.139. The summed E-state index contributed by atoms with van der Waals surface area (Å²) in [7, 11) is -0.362. The predicted octanol–water partition coefficient (Wildman–Crippen LogP) is 5.47. The maximum atomic E-state index is 15.5. The maximum absolute atomic E-state index is 15.5. The number of thiol groups is 1. The number of aliphatic carboxylic acids is 1. The molecule has 1 atom stereocenters. The summed E-state index contributed by atoms with van der Waals surface area (Å²) in [5.74, 6) is -4.45. The van der Waals surface area contributed by atoms with Crippen molar-refractivity contribution >= 4 is 44.9 Å². The molecule has 0 aliphatic carbocycles. The van der Waals surface area contributed by atoms with Gasteiger partial charge in [0.1, 0.15) is 47.4 Å². The number of carbonyl (C=O) groups is 2. The molecule has 260 valence electrons. The van der Waals surface area contributed by atoms with Gasteiger partial charge in [0, 0.05) is 6.42 Å². The lowest BCUT2D eigenvalue weighted by Gasteiger charge is -2.20. The van der Waals surface area contributed by atoms with Gasteiger partial charge < -0.3 is 19.9 Å². The highest BCUT2D eigenvalue weighted by molar-refractivity contribution is 7.74. The minimum atomic E-state index is -3.44. The van der Waals surface area contributed by atoms with Crippen molar-refractivity contribution in [3.63, 3.8) is 0 Å². The minimum absolute atomic E-state index is 0.0549. The van der Waals surface area contributed by atoms with Crippen molar-refractivity contribution in [1.82, 2.24) is 20.1 Å². The minimum Gasteiger partial charge on any atom is -0.496 e. The van der Waals surface area contributed by atoms with Crippen LogP contribution in [0.15, 0.2) is 104 Å². The Morgan fingerprint density at radius 1 is 0.882 bits per heavy atom.